The summed E-state index contributed by atoms with van der Waals surface area (Å²) >= 11 is 6.26. The minimum Gasteiger partial charge on any atom is -0.325 e. The molecule has 0 bridgehead atoms. The van der Waals surface area contributed by atoms with Gasteiger partial charge in [-0.2, -0.15) is 5.10 Å². The molecule has 1 aliphatic heterocycles. The summed E-state index contributed by atoms with van der Waals surface area (Å²) < 4.78 is 0. The van der Waals surface area contributed by atoms with Crippen molar-refractivity contribution in [3.8, 4) is 11.1 Å². The van der Waals surface area contributed by atoms with Gasteiger partial charge in [-0.25, -0.2) is 15.0 Å². The molecule has 140 valence electrons. The second-order valence-corrected chi connectivity index (χ2v) is 7.57. The minimum absolute atomic E-state index is 0.731. The summed E-state index contributed by atoms with van der Waals surface area (Å²) in [5.74, 6) is 0.898. The minimum atomic E-state index is 0.731. The van der Waals surface area contributed by atoms with Crippen molar-refractivity contribution in [1.29, 1.82) is 0 Å². The zero-order valence-corrected chi connectivity index (χ0v) is 16.1. The largest absolute Gasteiger partial charge is 0.325 e. The van der Waals surface area contributed by atoms with E-state index in [1.54, 1.807) is 12.5 Å². The molecule has 29 heavy (non-hydrogen) atoms. The van der Waals surface area contributed by atoms with Crippen molar-refractivity contribution >= 4 is 45.0 Å². The molecule has 0 amide bonds. The second-order valence-electron chi connectivity index (χ2n) is 7.14. The van der Waals surface area contributed by atoms with Crippen LogP contribution in [0.1, 0.15) is 5.56 Å². The molecule has 4 heterocycles. The number of aromatic amines is 1. The Morgan fingerprint density at radius 1 is 0.931 bits per heavy atom. The molecule has 0 radical (unpaired) electrons. The van der Waals surface area contributed by atoms with Crippen LogP contribution in [-0.2, 0) is 6.42 Å². The van der Waals surface area contributed by atoms with Gasteiger partial charge in [-0.15, -0.1) is 0 Å². The molecular weight excluding hydrogens is 384 g/mol. The Morgan fingerprint density at radius 2 is 1.90 bits per heavy atom. The maximum atomic E-state index is 6.26. The zero-order valence-electron chi connectivity index (χ0n) is 15.3. The number of fused-ring (bicyclic) bond motifs is 3. The first-order valence-corrected chi connectivity index (χ1v) is 9.74. The monoisotopic (exact) mass is 398 g/mol. The zero-order chi connectivity index (χ0) is 19.4. The van der Waals surface area contributed by atoms with Gasteiger partial charge in [0.05, 0.1) is 11.7 Å². The number of halogens is 1. The SMILES string of the molecule is Clc1ccc2c(c1)N(c1ncnc3ccc(-c4cnc5[nH]ncc5c4)cc13)CC2. The summed E-state index contributed by atoms with van der Waals surface area (Å²) in [6.07, 6.45) is 6.24. The number of H-pyrrole nitrogens is 1. The second kappa shape index (κ2) is 6.25. The Bertz CT molecular complexity index is 1390. The Labute approximate surface area is 171 Å². The van der Waals surface area contributed by atoms with Gasteiger partial charge in [-0.3, -0.25) is 5.10 Å². The third-order valence-corrected chi connectivity index (χ3v) is 5.67. The highest BCUT2D eigenvalue weighted by molar-refractivity contribution is 6.31. The quantitative estimate of drug-likeness (QED) is 0.457. The average molecular weight is 399 g/mol. The predicted molar refractivity (Wildman–Crippen MR) is 115 cm³/mol. The number of pyridine rings is 1. The van der Waals surface area contributed by atoms with Crippen molar-refractivity contribution in [1.82, 2.24) is 25.1 Å². The van der Waals surface area contributed by atoms with Gasteiger partial charge >= 0.3 is 0 Å². The topological polar surface area (TPSA) is 70.6 Å². The molecule has 6 nitrogen and oxygen atoms in total. The number of hydrogen-bond acceptors (Lipinski definition) is 5. The van der Waals surface area contributed by atoms with E-state index in [0.717, 1.165) is 62.6 Å². The molecule has 0 spiro atoms. The lowest BCUT2D eigenvalue weighted by Gasteiger charge is -2.20. The van der Waals surface area contributed by atoms with E-state index in [0.29, 0.717) is 0 Å². The van der Waals surface area contributed by atoms with Crippen LogP contribution in [0.25, 0.3) is 33.1 Å². The van der Waals surface area contributed by atoms with E-state index >= 15 is 0 Å². The van der Waals surface area contributed by atoms with E-state index < -0.39 is 0 Å². The van der Waals surface area contributed by atoms with Gasteiger partial charge in [0.15, 0.2) is 5.65 Å². The van der Waals surface area contributed by atoms with Gasteiger partial charge in [0.1, 0.15) is 12.1 Å². The first kappa shape index (κ1) is 16.4. The molecule has 7 heteroatoms. The number of nitrogens with zero attached hydrogens (tertiary/aromatic N) is 5. The summed E-state index contributed by atoms with van der Waals surface area (Å²) in [4.78, 5) is 15.8. The van der Waals surface area contributed by atoms with Crippen LogP contribution in [0.2, 0.25) is 5.02 Å². The molecule has 0 fully saturated rings. The van der Waals surface area contributed by atoms with Crippen molar-refractivity contribution in [2.75, 3.05) is 11.4 Å². The van der Waals surface area contributed by atoms with Crippen LogP contribution >= 0.6 is 11.6 Å². The van der Waals surface area contributed by atoms with Crippen LogP contribution in [0.3, 0.4) is 0 Å². The number of nitrogens with one attached hydrogen (secondary N) is 1. The summed E-state index contributed by atoms with van der Waals surface area (Å²) in [5, 5.41) is 9.66. The van der Waals surface area contributed by atoms with Gasteiger partial charge in [0, 0.05) is 39.8 Å². The fraction of sp³-hybridized carbons (Fsp3) is 0.0909. The summed E-state index contributed by atoms with van der Waals surface area (Å²) in [7, 11) is 0. The van der Waals surface area contributed by atoms with Crippen LogP contribution in [-0.4, -0.2) is 31.7 Å². The fourth-order valence-electron chi connectivity index (χ4n) is 4.00. The highest BCUT2D eigenvalue weighted by Crippen LogP contribution is 2.38. The Kier molecular flexibility index (Phi) is 3.55. The van der Waals surface area contributed by atoms with Gasteiger partial charge in [-0.05, 0) is 47.9 Å². The van der Waals surface area contributed by atoms with Crippen molar-refractivity contribution in [2.45, 2.75) is 6.42 Å². The first-order chi connectivity index (χ1) is 14.3. The number of anilines is 2. The maximum Gasteiger partial charge on any atom is 0.155 e. The Balaban J connectivity index is 1.52. The third kappa shape index (κ3) is 2.64. The number of benzene rings is 2. The van der Waals surface area contributed by atoms with Crippen molar-refractivity contribution < 1.29 is 0 Å². The van der Waals surface area contributed by atoms with Gasteiger partial charge < -0.3 is 4.90 Å². The van der Waals surface area contributed by atoms with Crippen molar-refractivity contribution in [2.24, 2.45) is 0 Å². The molecule has 0 saturated heterocycles. The molecule has 0 unspecified atom stereocenters. The van der Waals surface area contributed by atoms with Crippen molar-refractivity contribution in [3.05, 3.63) is 71.8 Å². The van der Waals surface area contributed by atoms with Gasteiger partial charge in [0.2, 0.25) is 0 Å². The van der Waals surface area contributed by atoms with E-state index in [4.69, 9.17) is 11.6 Å². The highest BCUT2D eigenvalue weighted by Gasteiger charge is 2.23. The summed E-state index contributed by atoms with van der Waals surface area (Å²) in [5.41, 5.74) is 6.18. The van der Waals surface area contributed by atoms with Crippen molar-refractivity contribution in [3.63, 3.8) is 0 Å². The number of aromatic nitrogens is 5. The molecule has 1 aliphatic rings. The molecule has 6 rings (SSSR count). The van der Waals surface area contributed by atoms with E-state index in [1.807, 2.05) is 24.4 Å². The predicted octanol–water partition coefficient (Wildman–Crippen LogP) is 4.92. The van der Waals surface area contributed by atoms with Gasteiger partial charge in [-0.1, -0.05) is 23.7 Å². The maximum absolute atomic E-state index is 6.26. The first-order valence-electron chi connectivity index (χ1n) is 9.36. The molecule has 0 aliphatic carbocycles. The third-order valence-electron chi connectivity index (χ3n) is 5.44. The standard InChI is InChI=1S/C22H15ClN6/c23-17-3-1-13-5-6-29(20(13)9-17)22-18-8-14(2-4-19(18)25-12-26-22)15-7-16-11-27-28-21(16)24-10-15/h1-4,7-12H,5-6H2,(H,24,27,28). The van der Waals surface area contributed by atoms with E-state index in [-0.39, 0.29) is 0 Å². The highest BCUT2D eigenvalue weighted by atomic mass is 35.5. The Hall–Kier alpha value is -3.51. The molecule has 1 N–H and O–H groups in total. The average Bonchev–Trinajstić information content (AvgIpc) is 3.39. The molecule has 0 saturated carbocycles. The lowest BCUT2D eigenvalue weighted by Crippen LogP contribution is -2.15. The van der Waals surface area contributed by atoms with Crippen LogP contribution in [0, 0.1) is 0 Å². The van der Waals surface area contributed by atoms with Crippen LogP contribution in [0.5, 0.6) is 0 Å². The molecule has 2 aromatic carbocycles. The van der Waals surface area contributed by atoms with Crippen LogP contribution in [0.4, 0.5) is 11.5 Å². The van der Waals surface area contributed by atoms with E-state index in [9.17, 15) is 0 Å². The van der Waals surface area contributed by atoms with Crippen LogP contribution < -0.4 is 4.90 Å². The summed E-state index contributed by atoms with van der Waals surface area (Å²) in [6, 6.07) is 14.4. The number of rotatable bonds is 2. The summed E-state index contributed by atoms with van der Waals surface area (Å²) in [6.45, 7) is 0.870. The fourth-order valence-corrected chi connectivity index (χ4v) is 4.17. The smallest absolute Gasteiger partial charge is 0.155 e. The lowest BCUT2D eigenvalue weighted by atomic mass is 10.0. The Morgan fingerprint density at radius 3 is 2.86 bits per heavy atom. The van der Waals surface area contributed by atoms with E-state index in [2.05, 4.69) is 54.3 Å². The molecule has 3 aromatic heterocycles. The van der Waals surface area contributed by atoms with Crippen LogP contribution in [0.15, 0.2) is 61.2 Å². The lowest BCUT2D eigenvalue weighted by molar-refractivity contribution is 0.975. The number of hydrogen-bond donors (Lipinski definition) is 1. The molecule has 5 aromatic rings. The normalized spacial score (nSPS) is 13.3. The van der Waals surface area contributed by atoms with E-state index in [1.165, 1.54) is 5.56 Å². The van der Waals surface area contributed by atoms with Gasteiger partial charge in [0.25, 0.3) is 0 Å². The molecular formula is C22H15ClN6. The molecule has 0 atom stereocenters.